The predicted octanol–water partition coefficient (Wildman–Crippen LogP) is 1.67. The molecule has 0 unspecified atom stereocenters. The van der Waals surface area contributed by atoms with Gasteiger partial charge in [-0.1, -0.05) is 44.2 Å². The van der Waals surface area contributed by atoms with Crippen molar-refractivity contribution in [2.75, 3.05) is 33.2 Å². The molecule has 1 aromatic heterocycles. The Morgan fingerprint density at radius 3 is 2.39 bits per heavy atom. The normalized spacial score (nSPS) is 18.4. The van der Waals surface area contributed by atoms with Gasteiger partial charge in [-0.2, -0.15) is 0 Å². The second-order valence-corrected chi connectivity index (χ2v) is 6.71. The van der Waals surface area contributed by atoms with Crippen LogP contribution in [0.2, 0.25) is 0 Å². The fourth-order valence-electron chi connectivity index (χ4n) is 3.28. The first-order valence-electron chi connectivity index (χ1n) is 8.37. The second kappa shape index (κ2) is 7.19. The van der Waals surface area contributed by atoms with Crippen LogP contribution < -0.4 is 0 Å². The maximum absolute atomic E-state index is 4.37. The molecular formula is C17H26N6. The Kier molecular flexibility index (Phi) is 5.03. The summed E-state index contributed by atoms with van der Waals surface area (Å²) in [6.45, 7) is 9.57. The van der Waals surface area contributed by atoms with Crippen LogP contribution >= 0.6 is 0 Å². The highest BCUT2D eigenvalue weighted by Gasteiger charge is 2.30. The van der Waals surface area contributed by atoms with Gasteiger partial charge in [-0.05, 0) is 29.0 Å². The fourth-order valence-corrected chi connectivity index (χ4v) is 3.28. The van der Waals surface area contributed by atoms with Crippen LogP contribution in [0, 0.1) is 5.92 Å². The zero-order valence-electron chi connectivity index (χ0n) is 14.3. The number of hydrogen-bond donors (Lipinski definition) is 0. The lowest BCUT2D eigenvalue weighted by molar-refractivity contribution is 0.0812. The smallest absolute Gasteiger partial charge is 0.169 e. The minimum absolute atomic E-state index is 0.266. The molecule has 0 saturated carbocycles. The summed E-state index contributed by atoms with van der Waals surface area (Å²) in [6.07, 6.45) is 0. The van der Waals surface area contributed by atoms with E-state index in [1.54, 1.807) is 0 Å². The molecule has 2 heterocycles. The number of hydrogen-bond acceptors (Lipinski definition) is 5. The van der Waals surface area contributed by atoms with E-state index >= 15 is 0 Å². The van der Waals surface area contributed by atoms with Crippen LogP contribution in [0.5, 0.6) is 0 Å². The first-order valence-corrected chi connectivity index (χ1v) is 8.37. The summed E-state index contributed by atoms with van der Waals surface area (Å²) in [5.41, 5.74) is 1.22. The van der Waals surface area contributed by atoms with Crippen molar-refractivity contribution in [1.29, 1.82) is 0 Å². The molecule has 1 aliphatic heterocycles. The molecule has 0 radical (unpaired) electrons. The zero-order chi connectivity index (χ0) is 16.2. The minimum Gasteiger partial charge on any atom is -0.304 e. The van der Waals surface area contributed by atoms with Crippen LogP contribution in [0.15, 0.2) is 30.3 Å². The summed E-state index contributed by atoms with van der Waals surface area (Å²) in [4.78, 5) is 4.90. The Bertz CT molecular complexity index is 601. The molecule has 0 bridgehead atoms. The van der Waals surface area contributed by atoms with E-state index in [2.05, 4.69) is 70.5 Å². The van der Waals surface area contributed by atoms with Crippen molar-refractivity contribution in [3.63, 3.8) is 0 Å². The van der Waals surface area contributed by atoms with E-state index in [0.29, 0.717) is 5.92 Å². The Morgan fingerprint density at radius 2 is 1.74 bits per heavy atom. The third-order valence-electron chi connectivity index (χ3n) is 4.56. The van der Waals surface area contributed by atoms with Gasteiger partial charge in [-0.15, -0.1) is 5.10 Å². The predicted molar refractivity (Wildman–Crippen MR) is 90.0 cm³/mol. The van der Waals surface area contributed by atoms with E-state index in [1.165, 1.54) is 5.56 Å². The minimum atomic E-state index is 0.266. The van der Waals surface area contributed by atoms with Gasteiger partial charge in [0.15, 0.2) is 5.82 Å². The van der Waals surface area contributed by atoms with Gasteiger partial charge >= 0.3 is 0 Å². The van der Waals surface area contributed by atoms with Gasteiger partial charge < -0.3 is 4.90 Å². The van der Waals surface area contributed by atoms with Crippen LogP contribution in [0.1, 0.15) is 31.3 Å². The molecule has 0 spiro atoms. The van der Waals surface area contributed by atoms with Gasteiger partial charge in [-0.3, -0.25) is 4.90 Å². The maximum atomic E-state index is 4.37. The number of piperazine rings is 1. The number of likely N-dealkylation sites (N-methyl/N-ethyl adjacent to an activating group) is 1. The highest BCUT2D eigenvalue weighted by Crippen LogP contribution is 2.27. The van der Waals surface area contributed by atoms with Crippen LogP contribution in [0.4, 0.5) is 0 Å². The molecule has 0 N–H and O–H groups in total. The molecule has 1 fully saturated rings. The van der Waals surface area contributed by atoms with E-state index in [0.717, 1.165) is 38.5 Å². The lowest BCUT2D eigenvalue weighted by Crippen LogP contribution is -2.47. The van der Waals surface area contributed by atoms with Gasteiger partial charge in [0, 0.05) is 26.2 Å². The standard InChI is InChI=1S/C17H26N6/c1-14(2)16(22-11-9-21(3)10-12-22)17-18-19-20-23(17)13-15-7-5-4-6-8-15/h4-8,14,16H,9-13H2,1-3H3/t16-/m0/s1. The molecule has 1 aliphatic rings. The summed E-state index contributed by atoms with van der Waals surface area (Å²) >= 11 is 0. The first kappa shape index (κ1) is 16.1. The summed E-state index contributed by atoms with van der Waals surface area (Å²) < 4.78 is 1.96. The van der Waals surface area contributed by atoms with Crippen molar-refractivity contribution in [1.82, 2.24) is 30.0 Å². The highest BCUT2D eigenvalue weighted by molar-refractivity contribution is 5.15. The molecule has 2 aromatic rings. The maximum Gasteiger partial charge on any atom is 0.169 e. The van der Waals surface area contributed by atoms with Gasteiger partial charge in [0.25, 0.3) is 0 Å². The Balaban J connectivity index is 1.82. The molecule has 124 valence electrons. The monoisotopic (exact) mass is 314 g/mol. The number of benzene rings is 1. The Labute approximate surface area is 138 Å². The lowest BCUT2D eigenvalue weighted by atomic mass is 10.0. The summed E-state index contributed by atoms with van der Waals surface area (Å²) in [6, 6.07) is 10.6. The molecule has 0 aliphatic carbocycles. The second-order valence-electron chi connectivity index (χ2n) is 6.71. The van der Waals surface area contributed by atoms with E-state index in [4.69, 9.17) is 0 Å². The van der Waals surface area contributed by atoms with Crippen LogP contribution in [0.3, 0.4) is 0 Å². The van der Waals surface area contributed by atoms with Crippen LogP contribution in [-0.2, 0) is 6.54 Å². The topological polar surface area (TPSA) is 50.1 Å². The van der Waals surface area contributed by atoms with E-state index in [1.807, 2.05) is 10.7 Å². The molecule has 1 saturated heterocycles. The van der Waals surface area contributed by atoms with Crippen molar-refractivity contribution in [3.05, 3.63) is 41.7 Å². The van der Waals surface area contributed by atoms with Crippen molar-refractivity contribution < 1.29 is 0 Å². The van der Waals surface area contributed by atoms with E-state index < -0.39 is 0 Å². The molecule has 3 rings (SSSR count). The third-order valence-corrected chi connectivity index (χ3v) is 4.56. The summed E-state index contributed by atoms with van der Waals surface area (Å²) in [5.74, 6) is 1.45. The Hall–Kier alpha value is -1.79. The number of rotatable bonds is 5. The highest BCUT2D eigenvalue weighted by atomic mass is 15.6. The summed E-state index contributed by atoms with van der Waals surface area (Å²) in [7, 11) is 2.18. The van der Waals surface area contributed by atoms with Gasteiger partial charge in [0.2, 0.25) is 0 Å². The first-order chi connectivity index (χ1) is 11.1. The number of nitrogens with zero attached hydrogens (tertiary/aromatic N) is 6. The molecule has 6 nitrogen and oxygen atoms in total. The quantitative estimate of drug-likeness (QED) is 0.840. The third kappa shape index (κ3) is 3.76. The van der Waals surface area contributed by atoms with Gasteiger partial charge in [0.1, 0.15) is 0 Å². The molecule has 23 heavy (non-hydrogen) atoms. The lowest BCUT2D eigenvalue weighted by Gasteiger charge is -2.39. The number of tetrazole rings is 1. The van der Waals surface area contributed by atoms with Crippen molar-refractivity contribution >= 4 is 0 Å². The molecule has 0 amide bonds. The van der Waals surface area contributed by atoms with Gasteiger partial charge in [0.05, 0.1) is 12.6 Å². The van der Waals surface area contributed by atoms with Crippen molar-refractivity contribution in [3.8, 4) is 0 Å². The average molecular weight is 314 g/mol. The van der Waals surface area contributed by atoms with Gasteiger partial charge in [-0.25, -0.2) is 4.68 Å². The fraction of sp³-hybridized carbons (Fsp3) is 0.588. The zero-order valence-corrected chi connectivity index (χ0v) is 14.3. The molecule has 6 heteroatoms. The SMILES string of the molecule is CC(C)[C@@H](c1nnnn1Cc1ccccc1)N1CCN(C)CC1. The molecule has 1 atom stereocenters. The summed E-state index contributed by atoms with van der Waals surface area (Å²) in [5, 5.41) is 12.6. The van der Waals surface area contributed by atoms with Crippen molar-refractivity contribution in [2.45, 2.75) is 26.4 Å². The van der Waals surface area contributed by atoms with Crippen molar-refractivity contribution in [2.24, 2.45) is 5.92 Å². The average Bonchev–Trinajstić information content (AvgIpc) is 2.98. The van der Waals surface area contributed by atoms with Crippen LogP contribution in [0.25, 0.3) is 0 Å². The van der Waals surface area contributed by atoms with E-state index in [-0.39, 0.29) is 6.04 Å². The van der Waals surface area contributed by atoms with Crippen LogP contribution in [-0.4, -0.2) is 63.2 Å². The molecule has 1 aromatic carbocycles. The Morgan fingerprint density at radius 1 is 1.04 bits per heavy atom. The molecular weight excluding hydrogens is 288 g/mol. The number of aromatic nitrogens is 4. The largest absolute Gasteiger partial charge is 0.304 e. The van der Waals surface area contributed by atoms with E-state index in [9.17, 15) is 0 Å².